The SMILES string of the molecule is O=C(c1cccc(-n2cccn2)c1)N1CCC[C@H]1c1cccnc1. The van der Waals surface area contributed by atoms with E-state index in [1.165, 1.54) is 0 Å². The second-order valence-corrected chi connectivity index (χ2v) is 5.94. The van der Waals surface area contributed by atoms with Crippen LogP contribution in [0.15, 0.2) is 67.3 Å². The van der Waals surface area contributed by atoms with E-state index < -0.39 is 0 Å². The molecule has 1 aromatic carbocycles. The Hall–Kier alpha value is -2.95. The van der Waals surface area contributed by atoms with Gasteiger partial charge in [-0.25, -0.2) is 4.68 Å². The summed E-state index contributed by atoms with van der Waals surface area (Å²) in [4.78, 5) is 19.2. The second kappa shape index (κ2) is 6.28. The molecule has 1 aliphatic rings. The Labute approximate surface area is 140 Å². The maximum Gasteiger partial charge on any atom is 0.254 e. The summed E-state index contributed by atoms with van der Waals surface area (Å²) in [5.41, 5.74) is 2.69. The largest absolute Gasteiger partial charge is 0.332 e. The minimum atomic E-state index is 0.0651. The number of likely N-dealkylation sites (tertiary alicyclic amines) is 1. The van der Waals surface area contributed by atoms with Gasteiger partial charge in [-0.1, -0.05) is 12.1 Å². The Kier molecular flexibility index (Phi) is 3.83. The molecule has 0 N–H and O–H groups in total. The first kappa shape index (κ1) is 14.6. The van der Waals surface area contributed by atoms with E-state index in [9.17, 15) is 4.79 Å². The molecule has 1 fully saturated rings. The summed E-state index contributed by atoms with van der Waals surface area (Å²) >= 11 is 0. The van der Waals surface area contributed by atoms with Gasteiger partial charge >= 0.3 is 0 Å². The van der Waals surface area contributed by atoms with Crippen LogP contribution in [0.1, 0.15) is 34.8 Å². The van der Waals surface area contributed by atoms with E-state index in [2.05, 4.69) is 10.1 Å². The fourth-order valence-electron chi connectivity index (χ4n) is 3.30. The lowest BCUT2D eigenvalue weighted by Gasteiger charge is -2.25. The minimum absolute atomic E-state index is 0.0651. The summed E-state index contributed by atoms with van der Waals surface area (Å²) in [5, 5.41) is 4.23. The summed E-state index contributed by atoms with van der Waals surface area (Å²) in [7, 11) is 0. The maximum absolute atomic E-state index is 13.0. The van der Waals surface area contributed by atoms with Gasteiger partial charge < -0.3 is 4.90 Å². The van der Waals surface area contributed by atoms with Gasteiger partial charge in [0.15, 0.2) is 0 Å². The molecule has 0 spiro atoms. The summed E-state index contributed by atoms with van der Waals surface area (Å²) in [6, 6.07) is 13.6. The van der Waals surface area contributed by atoms with Gasteiger partial charge in [0, 0.05) is 36.9 Å². The Morgan fingerprint density at radius 3 is 2.88 bits per heavy atom. The van der Waals surface area contributed by atoms with Gasteiger partial charge in [0.05, 0.1) is 11.7 Å². The van der Waals surface area contributed by atoms with Gasteiger partial charge in [-0.15, -0.1) is 0 Å². The standard InChI is InChI=1S/C19H18N4O/c24-19(15-5-1-7-17(13-15)23-12-4-10-21-23)22-11-3-8-18(22)16-6-2-9-20-14-16/h1-2,4-7,9-10,12-14,18H,3,8,11H2/t18-/m0/s1. The Bertz CT molecular complexity index is 830. The molecule has 5 heteroatoms. The number of hydrogen-bond acceptors (Lipinski definition) is 3. The predicted molar refractivity (Wildman–Crippen MR) is 90.8 cm³/mol. The van der Waals surface area contributed by atoms with Gasteiger partial charge in [-0.2, -0.15) is 5.10 Å². The molecule has 1 aliphatic heterocycles. The molecule has 0 radical (unpaired) electrons. The highest BCUT2D eigenvalue weighted by molar-refractivity contribution is 5.95. The summed E-state index contributed by atoms with van der Waals surface area (Å²) in [6.07, 6.45) is 9.22. The van der Waals surface area contributed by atoms with Gasteiger partial charge in [-0.05, 0) is 48.7 Å². The van der Waals surface area contributed by atoms with Crippen molar-refractivity contribution in [3.05, 3.63) is 78.4 Å². The van der Waals surface area contributed by atoms with E-state index in [1.807, 2.05) is 59.8 Å². The van der Waals surface area contributed by atoms with Crippen molar-refractivity contribution in [2.24, 2.45) is 0 Å². The fraction of sp³-hybridized carbons (Fsp3) is 0.211. The lowest BCUT2D eigenvalue weighted by atomic mass is 10.1. The van der Waals surface area contributed by atoms with Crippen molar-refractivity contribution in [3.8, 4) is 5.69 Å². The quantitative estimate of drug-likeness (QED) is 0.745. The molecule has 0 unspecified atom stereocenters. The first-order valence-corrected chi connectivity index (χ1v) is 8.14. The van der Waals surface area contributed by atoms with Crippen LogP contribution >= 0.6 is 0 Å². The molecule has 1 atom stereocenters. The zero-order valence-electron chi connectivity index (χ0n) is 13.2. The Morgan fingerprint density at radius 1 is 1.12 bits per heavy atom. The molecule has 0 bridgehead atoms. The molecular formula is C19H18N4O. The number of benzene rings is 1. The van der Waals surface area contributed by atoms with E-state index in [0.717, 1.165) is 30.6 Å². The van der Waals surface area contributed by atoms with Crippen molar-refractivity contribution in [2.75, 3.05) is 6.54 Å². The highest BCUT2D eigenvalue weighted by Gasteiger charge is 2.30. The van der Waals surface area contributed by atoms with Gasteiger partial charge in [0.2, 0.25) is 0 Å². The number of aromatic nitrogens is 3. The zero-order valence-corrected chi connectivity index (χ0v) is 13.2. The normalized spacial score (nSPS) is 17.2. The van der Waals surface area contributed by atoms with Crippen molar-refractivity contribution in [3.63, 3.8) is 0 Å². The molecule has 1 amide bonds. The first-order valence-electron chi connectivity index (χ1n) is 8.14. The topological polar surface area (TPSA) is 51.0 Å². The van der Waals surface area contributed by atoms with E-state index in [0.29, 0.717) is 5.56 Å². The molecule has 0 aliphatic carbocycles. The average Bonchev–Trinajstić information content (AvgIpc) is 3.34. The van der Waals surface area contributed by atoms with Crippen molar-refractivity contribution >= 4 is 5.91 Å². The van der Waals surface area contributed by atoms with E-state index in [4.69, 9.17) is 0 Å². The van der Waals surface area contributed by atoms with Crippen LogP contribution in [0.5, 0.6) is 0 Å². The Balaban J connectivity index is 1.62. The Morgan fingerprint density at radius 2 is 2.08 bits per heavy atom. The number of rotatable bonds is 3. The molecule has 24 heavy (non-hydrogen) atoms. The summed E-state index contributed by atoms with van der Waals surface area (Å²) in [6.45, 7) is 0.782. The molecular weight excluding hydrogens is 300 g/mol. The second-order valence-electron chi connectivity index (χ2n) is 5.94. The van der Waals surface area contributed by atoms with Gasteiger partial charge in [0.25, 0.3) is 5.91 Å². The van der Waals surface area contributed by atoms with Crippen LogP contribution in [0, 0.1) is 0 Å². The third-order valence-electron chi connectivity index (χ3n) is 4.44. The maximum atomic E-state index is 13.0. The third-order valence-corrected chi connectivity index (χ3v) is 4.44. The molecule has 5 nitrogen and oxygen atoms in total. The van der Waals surface area contributed by atoms with Gasteiger partial charge in [0.1, 0.15) is 0 Å². The predicted octanol–water partition coefficient (Wildman–Crippen LogP) is 3.24. The van der Waals surface area contributed by atoms with Crippen LogP contribution in [-0.4, -0.2) is 32.1 Å². The zero-order chi connectivity index (χ0) is 16.4. The molecule has 3 heterocycles. The third kappa shape index (κ3) is 2.69. The summed E-state index contributed by atoms with van der Waals surface area (Å²) in [5.74, 6) is 0.0651. The van der Waals surface area contributed by atoms with Crippen LogP contribution in [0.4, 0.5) is 0 Å². The fourth-order valence-corrected chi connectivity index (χ4v) is 3.30. The minimum Gasteiger partial charge on any atom is -0.332 e. The lowest BCUT2D eigenvalue weighted by Crippen LogP contribution is -2.30. The number of nitrogens with zero attached hydrogens (tertiary/aromatic N) is 4. The van der Waals surface area contributed by atoms with Crippen LogP contribution in [0.2, 0.25) is 0 Å². The van der Waals surface area contributed by atoms with Gasteiger partial charge in [-0.3, -0.25) is 9.78 Å². The monoisotopic (exact) mass is 318 g/mol. The van der Waals surface area contributed by atoms with Crippen molar-refractivity contribution in [2.45, 2.75) is 18.9 Å². The number of carbonyl (C=O) groups is 1. The van der Waals surface area contributed by atoms with E-state index in [1.54, 1.807) is 17.1 Å². The van der Waals surface area contributed by atoms with E-state index >= 15 is 0 Å². The summed E-state index contributed by atoms with van der Waals surface area (Å²) < 4.78 is 1.76. The smallest absolute Gasteiger partial charge is 0.254 e. The highest BCUT2D eigenvalue weighted by Crippen LogP contribution is 2.32. The van der Waals surface area contributed by atoms with Crippen LogP contribution in [0.3, 0.4) is 0 Å². The molecule has 2 aromatic heterocycles. The molecule has 4 rings (SSSR count). The number of carbonyl (C=O) groups excluding carboxylic acids is 1. The van der Waals surface area contributed by atoms with Crippen molar-refractivity contribution in [1.29, 1.82) is 0 Å². The molecule has 3 aromatic rings. The highest BCUT2D eigenvalue weighted by atomic mass is 16.2. The first-order chi connectivity index (χ1) is 11.8. The van der Waals surface area contributed by atoms with Crippen molar-refractivity contribution in [1.82, 2.24) is 19.7 Å². The van der Waals surface area contributed by atoms with E-state index in [-0.39, 0.29) is 11.9 Å². The number of amides is 1. The van der Waals surface area contributed by atoms with Crippen LogP contribution in [-0.2, 0) is 0 Å². The molecule has 0 saturated carbocycles. The number of pyridine rings is 1. The van der Waals surface area contributed by atoms with Crippen LogP contribution < -0.4 is 0 Å². The van der Waals surface area contributed by atoms with Crippen LogP contribution in [0.25, 0.3) is 5.69 Å². The van der Waals surface area contributed by atoms with Crippen molar-refractivity contribution < 1.29 is 4.79 Å². The molecule has 1 saturated heterocycles. The average molecular weight is 318 g/mol. The number of hydrogen-bond donors (Lipinski definition) is 0. The molecule has 120 valence electrons. The lowest BCUT2D eigenvalue weighted by molar-refractivity contribution is 0.0735.